The lowest BCUT2D eigenvalue weighted by Crippen LogP contribution is -2.48. The van der Waals surface area contributed by atoms with E-state index in [4.69, 9.17) is 0 Å². The Balaban J connectivity index is 2.34. The second kappa shape index (κ2) is 5.50. The maximum Gasteiger partial charge on any atom is 0.276 e. The first-order chi connectivity index (χ1) is 9.37. The van der Waals surface area contributed by atoms with E-state index in [0.717, 1.165) is 15.2 Å². The van der Waals surface area contributed by atoms with E-state index in [1.165, 1.54) is 0 Å². The lowest BCUT2D eigenvalue weighted by atomic mass is 9.90. The van der Waals surface area contributed by atoms with Crippen LogP contribution in [-0.4, -0.2) is 27.5 Å². The van der Waals surface area contributed by atoms with Gasteiger partial charge >= 0.3 is 0 Å². The zero-order valence-corrected chi connectivity index (χ0v) is 13.1. The van der Waals surface area contributed by atoms with Crippen molar-refractivity contribution in [1.82, 2.24) is 5.01 Å². The van der Waals surface area contributed by atoms with Crippen LogP contribution in [0.3, 0.4) is 0 Å². The third-order valence-corrected chi connectivity index (χ3v) is 4.01. The van der Waals surface area contributed by atoms with Gasteiger partial charge in [0.1, 0.15) is 0 Å². The van der Waals surface area contributed by atoms with Gasteiger partial charge in [-0.25, -0.2) is 0 Å². The molecule has 1 aromatic rings. The average molecular weight is 337 g/mol. The summed E-state index contributed by atoms with van der Waals surface area (Å²) in [5, 5.41) is 16.0. The van der Waals surface area contributed by atoms with Crippen molar-refractivity contribution in [3.63, 3.8) is 0 Å². The number of benzene rings is 1. The van der Waals surface area contributed by atoms with Crippen LogP contribution < -0.4 is 0 Å². The Hall–Kier alpha value is -1.46. The number of allylic oxidation sites excluding steroid dienone is 1. The minimum atomic E-state index is -1.34. The molecule has 1 heterocycles. The first kappa shape index (κ1) is 14.9. The topological polar surface area (TPSA) is 52.9 Å². The molecule has 1 amide bonds. The summed E-state index contributed by atoms with van der Waals surface area (Å²) in [6.45, 7) is 7.11. The number of amides is 1. The number of halogens is 1. The second-order valence-corrected chi connectivity index (χ2v) is 5.96. The number of hydrazone groups is 1. The highest BCUT2D eigenvalue weighted by molar-refractivity contribution is 9.10. The fraction of sp³-hybridized carbons (Fsp3) is 0.333. The fourth-order valence-electron chi connectivity index (χ4n) is 2.43. The van der Waals surface area contributed by atoms with E-state index in [1.54, 1.807) is 31.2 Å². The van der Waals surface area contributed by atoms with Gasteiger partial charge in [0.05, 0.1) is 5.92 Å². The molecule has 1 aliphatic rings. The number of aliphatic hydroxyl groups is 1. The molecule has 2 rings (SSSR count). The van der Waals surface area contributed by atoms with Gasteiger partial charge in [-0.3, -0.25) is 4.79 Å². The quantitative estimate of drug-likeness (QED) is 0.862. The van der Waals surface area contributed by atoms with Crippen LogP contribution in [0.2, 0.25) is 0 Å². The van der Waals surface area contributed by atoms with E-state index in [1.807, 2.05) is 13.0 Å². The van der Waals surface area contributed by atoms with Gasteiger partial charge < -0.3 is 5.11 Å². The molecule has 0 fully saturated rings. The Morgan fingerprint density at radius 1 is 1.65 bits per heavy atom. The van der Waals surface area contributed by atoms with Crippen LogP contribution in [-0.2, 0) is 0 Å². The third-order valence-electron chi connectivity index (χ3n) is 3.52. The molecule has 2 atom stereocenters. The van der Waals surface area contributed by atoms with Gasteiger partial charge in [-0.2, -0.15) is 10.1 Å². The Morgan fingerprint density at radius 3 is 2.95 bits per heavy atom. The standard InChI is InChI=1S/C15H17BrN2O2/c1-4-6-13-10(2)17-18(15(13,3)20)14(19)11-7-5-8-12(16)9-11/h4-5,7-9,13,20H,1,6H2,2-3H3/t13-,15+/m1/s1. The van der Waals surface area contributed by atoms with Crippen molar-refractivity contribution < 1.29 is 9.90 Å². The van der Waals surface area contributed by atoms with Crippen molar-refractivity contribution >= 4 is 27.5 Å². The molecule has 1 aliphatic heterocycles. The minimum Gasteiger partial charge on any atom is -0.369 e. The molecule has 106 valence electrons. The molecule has 0 saturated carbocycles. The number of carbonyl (C=O) groups excluding carboxylic acids is 1. The molecule has 4 nitrogen and oxygen atoms in total. The highest BCUT2D eigenvalue weighted by Crippen LogP contribution is 2.34. The number of carbonyl (C=O) groups is 1. The smallest absolute Gasteiger partial charge is 0.276 e. The zero-order valence-electron chi connectivity index (χ0n) is 11.5. The summed E-state index contributed by atoms with van der Waals surface area (Å²) < 4.78 is 0.811. The number of nitrogens with zero attached hydrogens (tertiary/aromatic N) is 2. The lowest BCUT2D eigenvalue weighted by molar-refractivity contribution is -0.0818. The molecule has 0 aliphatic carbocycles. The van der Waals surface area contributed by atoms with E-state index < -0.39 is 5.72 Å². The van der Waals surface area contributed by atoms with Crippen LogP contribution in [0.4, 0.5) is 0 Å². The van der Waals surface area contributed by atoms with Crippen molar-refractivity contribution in [2.45, 2.75) is 26.0 Å². The van der Waals surface area contributed by atoms with E-state index in [0.29, 0.717) is 12.0 Å². The van der Waals surface area contributed by atoms with Crippen molar-refractivity contribution in [3.05, 3.63) is 47.0 Å². The molecule has 5 heteroatoms. The van der Waals surface area contributed by atoms with Crippen LogP contribution >= 0.6 is 15.9 Å². The van der Waals surface area contributed by atoms with Gasteiger partial charge in [0.15, 0.2) is 5.72 Å². The van der Waals surface area contributed by atoms with Crippen molar-refractivity contribution in [2.75, 3.05) is 0 Å². The summed E-state index contributed by atoms with van der Waals surface area (Å²) in [5.41, 5.74) is -0.119. The maximum atomic E-state index is 12.5. The van der Waals surface area contributed by atoms with E-state index in [9.17, 15) is 9.90 Å². The van der Waals surface area contributed by atoms with Crippen LogP contribution in [0, 0.1) is 5.92 Å². The number of rotatable bonds is 3. The van der Waals surface area contributed by atoms with E-state index in [-0.39, 0.29) is 11.8 Å². The Morgan fingerprint density at radius 2 is 2.35 bits per heavy atom. The monoisotopic (exact) mass is 336 g/mol. The van der Waals surface area contributed by atoms with Crippen molar-refractivity contribution in [3.8, 4) is 0 Å². The normalized spacial score (nSPS) is 25.5. The Kier molecular flexibility index (Phi) is 4.11. The van der Waals surface area contributed by atoms with Crippen molar-refractivity contribution in [2.24, 2.45) is 11.0 Å². The Labute approximate surface area is 126 Å². The van der Waals surface area contributed by atoms with Crippen LogP contribution in [0.25, 0.3) is 0 Å². The molecule has 0 bridgehead atoms. The SMILES string of the molecule is C=CC[C@@H]1C(C)=NN(C(=O)c2cccc(Br)c2)[C@@]1(C)O. The summed E-state index contributed by atoms with van der Waals surface area (Å²) in [4.78, 5) is 12.5. The second-order valence-electron chi connectivity index (χ2n) is 5.04. The predicted molar refractivity (Wildman–Crippen MR) is 82.3 cm³/mol. The summed E-state index contributed by atoms with van der Waals surface area (Å²) in [7, 11) is 0. The highest BCUT2D eigenvalue weighted by Gasteiger charge is 2.47. The van der Waals surface area contributed by atoms with Crippen LogP contribution in [0.1, 0.15) is 30.6 Å². The van der Waals surface area contributed by atoms with Gasteiger partial charge in [0.25, 0.3) is 5.91 Å². The summed E-state index contributed by atoms with van der Waals surface area (Å²) >= 11 is 3.33. The zero-order chi connectivity index (χ0) is 14.9. The number of hydrogen-bond donors (Lipinski definition) is 1. The van der Waals surface area contributed by atoms with Gasteiger partial charge in [0.2, 0.25) is 0 Å². The van der Waals surface area contributed by atoms with Gasteiger partial charge in [0, 0.05) is 15.7 Å². The molecular formula is C15H17BrN2O2. The van der Waals surface area contributed by atoms with Crippen LogP contribution in [0.15, 0.2) is 46.5 Å². The predicted octanol–water partition coefficient (Wildman–Crippen LogP) is 3.18. The highest BCUT2D eigenvalue weighted by atomic mass is 79.9. The molecule has 1 aromatic carbocycles. The van der Waals surface area contributed by atoms with E-state index >= 15 is 0 Å². The summed E-state index contributed by atoms with van der Waals surface area (Å²) in [6, 6.07) is 7.03. The molecule has 0 spiro atoms. The van der Waals surface area contributed by atoms with Crippen molar-refractivity contribution in [1.29, 1.82) is 0 Å². The van der Waals surface area contributed by atoms with Gasteiger partial charge in [-0.1, -0.05) is 28.1 Å². The van der Waals surface area contributed by atoms with Gasteiger partial charge in [-0.15, -0.1) is 6.58 Å². The first-order valence-electron chi connectivity index (χ1n) is 6.36. The molecule has 1 N–H and O–H groups in total. The largest absolute Gasteiger partial charge is 0.369 e. The minimum absolute atomic E-state index is 0.226. The molecule has 0 unspecified atom stereocenters. The molecular weight excluding hydrogens is 320 g/mol. The third kappa shape index (κ3) is 2.55. The maximum absolute atomic E-state index is 12.5. The number of hydrogen-bond acceptors (Lipinski definition) is 3. The molecule has 0 saturated heterocycles. The Bertz CT molecular complexity index is 581. The molecule has 0 radical (unpaired) electrons. The molecule has 0 aromatic heterocycles. The lowest BCUT2D eigenvalue weighted by Gasteiger charge is -2.32. The summed E-state index contributed by atoms with van der Waals surface area (Å²) in [5.74, 6) is -0.543. The van der Waals surface area contributed by atoms with Gasteiger partial charge in [-0.05, 0) is 38.5 Å². The average Bonchev–Trinajstić information content (AvgIpc) is 2.61. The first-order valence-corrected chi connectivity index (χ1v) is 7.15. The summed E-state index contributed by atoms with van der Waals surface area (Å²) in [6.07, 6.45) is 2.30. The fourth-order valence-corrected chi connectivity index (χ4v) is 2.83. The van der Waals surface area contributed by atoms with E-state index in [2.05, 4.69) is 27.6 Å². The molecule has 20 heavy (non-hydrogen) atoms. The van der Waals surface area contributed by atoms with Crippen LogP contribution in [0.5, 0.6) is 0 Å².